The van der Waals surface area contributed by atoms with Crippen molar-refractivity contribution in [3.05, 3.63) is 24.0 Å². The van der Waals surface area contributed by atoms with Crippen molar-refractivity contribution in [2.45, 2.75) is 26.2 Å². The predicted octanol–water partition coefficient (Wildman–Crippen LogP) is 0.831. The molecule has 1 amide bonds. The summed E-state index contributed by atoms with van der Waals surface area (Å²) < 4.78 is 25.7. The standard InChI is InChI=1S/C14H23N3O3S/c1-2-3-10-21(19,20)17-8-6-16(7-9-17)14(18)11-13-4-5-15-12-13/h4-5,12,15H,2-3,6-11H2,1H3. The molecule has 118 valence electrons. The fourth-order valence-electron chi connectivity index (χ4n) is 2.43. The van der Waals surface area contributed by atoms with E-state index in [9.17, 15) is 13.2 Å². The SMILES string of the molecule is CCCCS(=O)(=O)N1CCN(C(=O)Cc2cc[nH]c2)CC1. The van der Waals surface area contributed by atoms with Gasteiger partial charge in [0.1, 0.15) is 0 Å². The summed E-state index contributed by atoms with van der Waals surface area (Å²) in [6.45, 7) is 3.76. The van der Waals surface area contributed by atoms with Crippen molar-refractivity contribution < 1.29 is 13.2 Å². The normalized spacial score (nSPS) is 17.1. The molecule has 2 rings (SSSR count). The minimum absolute atomic E-state index is 0.0557. The first-order valence-corrected chi connectivity index (χ1v) is 9.01. The van der Waals surface area contributed by atoms with Crippen LogP contribution in [0.4, 0.5) is 0 Å². The molecule has 0 aliphatic carbocycles. The van der Waals surface area contributed by atoms with Crippen LogP contribution in [0, 0.1) is 0 Å². The highest BCUT2D eigenvalue weighted by Crippen LogP contribution is 2.11. The molecule has 0 aromatic carbocycles. The third-order valence-corrected chi connectivity index (χ3v) is 5.71. The summed E-state index contributed by atoms with van der Waals surface area (Å²) in [6.07, 6.45) is 5.53. The first kappa shape index (κ1) is 16.0. The van der Waals surface area contributed by atoms with Gasteiger partial charge in [-0.1, -0.05) is 13.3 Å². The smallest absolute Gasteiger partial charge is 0.227 e. The Kier molecular flexibility index (Phi) is 5.41. The monoisotopic (exact) mass is 313 g/mol. The zero-order chi connectivity index (χ0) is 15.3. The number of rotatable bonds is 6. The molecule has 1 saturated heterocycles. The second-order valence-corrected chi connectivity index (χ2v) is 7.43. The van der Waals surface area contributed by atoms with Gasteiger partial charge in [0, 0.05) is 38.6 Å². The van der Waals surface area contributed by atoms with Crippen LogP contribution in [0.3, 0.4) is 0 Å². The van der Waals surface area contributed by atoms with Crippen molar-refractivity contribution in [1.82, 2.24) is 14.2 Å². The maximum absolute atomic E-state index is 12.1. The summed E-state index contributed by atoms with van der Waals surface area (Å²) in [6, 6.07) is 1.88. The van der Waals surface area contributed by atoms with Gasteiger partial charge in [0.25, 0.3) is 0 Å². The van der Waals surface area contributed by atoms with Crippen LogP contribution in [0.25, 0.3) is 0 Å². The summed E-state index contributed by atoms with van der Waals surface area (Å²) in [5, 5.41) is 0. The number of amides is 1. The van der Waals surface area contributed by atoms with Crippen LogP contribution in [0.5, 0.6) is 0 Å². The molecule has 6 nitrogen and oxygen atoms in total. The van der Waals surface area contributed by atoms with Crippen molar-refractivity contribution in [2.24, 2.45) is 0 Å². The van der Waals surface area contributed by atoms with E-state index >= 15 is 0 Å². The van der Waals surface area contributed by atoms with Crippen LogP contribution in [0.15, 0.2) is 18.5 Å². The average Bonchev–Trinajstić information content (AvgIpc) is 2.98. The number of hydrogen-bond acceptors (Lipinski definition) is 3. The Hall–Kier alpha value is -1.34. The molecule has 1 aromatic heterocycles. The Labute approximate surface area is 126 Å². The summed E-state index contributed by atoms with van der Waals surface area (Å²) in [5.41, 5.74) is 0.956. The van der Waals surface area contributed by atoms with Crippen LogP contribution in [0.1, 0.15) is 25.3 Å². The minimum atomic E-state index is -3.15. The van der Waals surface area contributed by atoms with Gasteiger partial charge in [0.15, 0.2) is 0 Å². The van der Waals surface area contributed by atoms with Crippen molar-refractivity contribution in [2.75, 3.05) is 31.9 Å². The van der Waals surface area contributed by atoms with Gasteiger partial charge in [0.05, 0.1) is 12.2 Å². The molecule has 7 heteroatoms. The summed E-state index contributed by atoms with van der Waals surface area (Å²) >= 11 is 0. The van der Waals surface area contributed by atoms with E-state index < -0.39 is 10.0 Å². The molecule has 0 unspecified atom stereocenters. The van der Waals surface area contributed by atoms with Crippen LogP contribution in [-0.4, -0.2) is 60.4 Å². The zero-order valence-electron chi connectivity index (χ0n) is 12.4. The van der Waals surface area contributed by atoms with Gasteiger partial charge in [-0.3, -0.25) is 4.79 Å². The third-order valence-electron chi connectivity index (χ3n) is 3.76. The fraction of sp³-hybridized carbons (Fsp3) is 0.643. The number of unbranched alkanes of at least 4 members (excludes halogenated alkanes) is 1. The van der Waals surface area contributed by atoms with E-state index in [4.69, 9.17) is 0 Å². The molecule has 1 aromatic rings. The van der Waals surface area contributed by atoms with Crippen molar-refractivity contribution >= 4 is 15.9 Å². The first-order valence-electron chi connectivity index (χ1n) is 7.40. The summed E-state index contributed by atoms with van der Waals surface area (Å²) in [4.78, 5) is 16.8. The fourth-order valence-corrected chi connectivity index (χ4v) is 4.06. The van der Waals surface area contributed by atoms with Gasteiger partial charge in [-0.15, -0.1) is 0 Å². The molecular weight excluding hydrogens is 290 g/mol. The van der Waals surface area contributed by atoms with Gasteiger partial charge in [-0.05, 0) is 18.1 Å². The molecule has 0 spiro atoms. The number of aromatic nitrogens is 1. The molecule has 0 radical (unpaired) electrons. The number of carbonyl (C=O) groups excluding carboxylic acids is 1. The quantitative estimate of drug-likeness (QED) is 0.845. The largest absolute Gasteiger partial charge is 0.367 e. The lowest BCUT2D eigenvalue weighted by Gasteiger charge is -2.34. The van der Waals surface area contributed by atoms with Gasteiger partial charge < -0.3 is 9.88 Å². The van der Waals surface area contributed by atoms with E-state index in [0.29, 0.717) is 39.0 Å². The lowest BCUT2D eigenvalue weighted by atomic mass is 10.2. The van der Waals surface area contributed by atoms with Gasteiger partial charge in [-0.25, -0.2) is 8.42 Å². The predicted molar refractivity (Wildman–Crippen MR) is 81.3 cm³/mol. The van der Waals surface area contributed by atoms with E-state index in [1.807, 2.05) is 19.2 Å². The van der Waals surface area contributed by atoms with Gasteiger partial charge >= 0.3 is 0 Å². The van der Waals surface area contributed by atoms with E-state index in [1.165, 1.54) is 4.31 Å². The number of hydrogen-bond donors (Lipinski definition) is 1. The third kappa shape index (κ3) is 4.31. The molecular formula is C14H23N3O3S. The number of aromatic amines is 1. The molecule has 21 heavy (non-hydrogen) atoms. The Balaban J connectivity index is 1.84. The second kappa shape index (κ2) is 7.09. The zero-order valence-corrected chi connectivity index (χ0v) is 13.2. The lowest BCUT2D eigenvalue weighted by molar-refractivity contribution is -0.131. The van der Waals surface area contributed by atoms with E-state index in [0.717, 1.165) is 12.0 Å². The van der Waals surface area contributed by atoms with Crippen LogP contribution >= 0.6 is 0 Å². The summed E-state index contributed by atoms with van der Waals surface area (Å²) in [7, 11) is -3.15. The van der Waals surface area contributed by atoms with Gasteiger partial charge in [0.2, 0.25) is 15.9 Å². The van der Waals surface area contributed by atoms with E-state index in [-0.39, 0.29) is 11.7 Å². The Morgan fingerprint density at radius 1 is 1.29 bits per heavy atom. The van der Waals surface area contributed by atoms with E-state index in [2.05, 4.69) is 4.98 Å². The van der Waals surface area contributed by atoms with Crippen molar-refractivity contribution in [3.8, 4) is 0 Å². The maximum atomic E-state index is 12.1. The molecule has 1 aliphatic heterocycles. The topological polar surface area (TPSA) is 73.5 Å². The number of nitrogens with one attached hydrogen (secondary N) is 1. The Morgan fingerprint density at radius 2 is 2.00 bits per heavy atom. The van der Waals surface area contributed by atoms with Crippen molar-refractivity contribution in [1.29, 1.82) is 0 Å². The molecule has 0 saturated carbocycles. The number of carbonyl (C=O) groups is 1. The maximum Gasteiger partial charge on any atom is 0.227 e. The number of H-pyrrole nitrogens is 1. The highest BCUT2D eigenvalue weighted by Gasteiger charge is 2.28. The van der Waals surface area contributed by atoms with Crippen LogP contribution in [0.2, 0.25) is 0 Å². The molecule has 1 N–H and O–H groups in total. The van der Waals surface area contributed by atoms with Crippen molar-refractivity contribution in [3.63, 3.8) is 0 Å². The number of sulfonamides is 1. The van der Waals surface area contributed by atoms with Crippen LogP contribution < -0.4 is 0 Å². The molecule has 0 atom stereocenters. The molecule has 1 aliphatic rings. The Morgan fingerprint density at radius 3 is 2.57 bits per heavy atom. The molecule has 1 fully saturated rings. The Bertz CT molecular complexity index is 546. The average molecular weight is 313 g/mol. The van der Waals surface area contributed by atoms with Gasteiger partial charge in [-0.2, -0.15) is 4.31 Å². The van der Waals surface area contributed by atoms with Crippen LogP contribution in [-0.2, 0) is 21.2 Å². The second-order valence-electron chi connectivity index (χ2n) is 5.35. The van der Waals surface area contributed by atoms with E-state index in [1.54, 1.807) is 11.1 Å². The minimum Gasteiger partial charge on any atom is -0.367 e. The highest BCUT2D eigenvalue weighted by molar-refractivity contribution is 7.89. The highest BCUT2D eigenvalue weighted by atomic mass is 32.2. The number of nitrogens with zero attached hydrogens (tertiary/aromatic N) is 2. The summed E-state index contributed by atoms with van der Waals surface area (Å²) in [5.74, 6) is 0.265. The first-order chi connectivity index (χ1) is 10.0. The molecule has 0 bridgehead atoms. The molecule has 2 heterocycles. The number of piperazine rings is 1. The lowest BCUT2D eigenvalue weighted by Crippen LogP contribution is -2.51.